The molecule has 0 unspecified atom stereocenters. The van der Waals surface area contributed by atoms with Crippen LogP contribution in [0.3, 0.4) is 0 Å². The Morgan fingerprint density at radius 3 is 1.86 bits per heavy atom. The minimum Gasteiger partial charge on any atom is -0.450 e. The fourth-order valence-electron chi connectivity index (χ4n) is 0.260. The van der Waals surface area contributed by atoms with Gasteiger partial charge in [-0.15, -0.1) is 13.2 Å². The highest BCUT2D eigenvalue weighted by Gasteiger charge is 1.82. The van der Waals surface area contributed by atoms with Crippen molar-refractivity contribution in [1.29, 1.82) is 0 Å². The molecular formula is C9H17NO4. The number of primary amides is 1. The Hall–Kier alpha value is -1.78. The van der Waals surface area contributed by atoms with Crippen LogP contribution in [0.25, 0.3) is 0 Å². The van der Waals surface area contributed by atoms with Crippen LogP contribution in [0.1, 0.15) is 13.8 Å². The molecule has 0 rings (SSSR count). The number of carbonyl (C=O) groups excluding carboxylic acids is 2. The number of rotatable bonds is 2. The van der Waals surface area contributed by atoms with Crippen LogP contribution >= 0.6 is 0 Å². The van der Waals surface area contributed by atoms with Gasteiger partial charge >= 0.3 is 12.1 Å². The molecule has 0 saturated heterocycles. The molecule has 0 heterocycles. The second-order valence-electron chi connectivity index (χ2n) is 1.53. The van der Waals surface area contributed by atoms with Gasteiger partial charge in [0.25, 0.3) is 0 Å². The zero-order valence-corrected chi connectivity index (χ0v) is 8.62. The summed E-state index contributed by atoms with van der Waals surface area (Å²) in [5.41, 5.74) is 4.54. The Kier molecular flexibility index (Phi) is 22.4. The van der Waals surface area contributed by atoms with Crippen molar-refractivity contribution in [3.05, 3.63) is 26.0 Å². The summed E-state index contributed by atoms with van der Waals surface area (Å²) in [4.78, 5) is 19.3. The first kappa shape index (κ1) is 18.1. The minimum absolute atomic E-state index is 0.329. The molecular weight excluding hydrogens is 186 g/mol. The summed E-state index contributed by atoms with van der Waals surface area (Å²) in [5.74, 6) is -0.329. The van der Waals surface area contributed by atoms with Gasteiger partial charge < -0.3 is 15.2 Å². The lowest BCUT2D eigenvalue weighted by Crippen LogP contribution is -2.11. The summed E-state index contributed by atoms with van der Waals surface area (Å²) in [5, 5.41) is 0. The van der Waals surface area contributed by atoms with Crippen LogP contribution in [0.4, 0.5) is 4.79 Å². The predicted octanol–water partition coefficient (Wildman–Crippen LogP) is 1.60. The third kappa shape index (κ3) is 48.8. The van der Waals surface area contributed by atoms with Gasteiger partial charge in [0, 0.05) is 6.92 Å². The molecule has 5 nitrogen and oxygen atoms in total. The van der Waals surface area contributed by atoms with E-state index < -0.39 is 6.09 Å². The van der Waals surface area contributed by atoms with E-state index in [0.29, 0.717) is 6.61 Å². The van der Waals surface area contributed by atoms with Crippen molar-refractivity contribution in [2.75, 3.05) is 6.61 Å². The highest BCUT2D eigenvalue weighted by Crippen LogP contribution is 1.70. The highest BCUT2D eigenvalue weighted by molar-refractivity contribution is 5.66. The summed E-state index contributed by atoms with van der Waals surface area (Å²) in [6, 6.07) is 0. The third-order valence-corrected chi connectivity index (χ3v) is 0.536. The van der Waals surface area contributed by atoms with Gasteiger partial charge in [0.05, 0.1) is 12.9 Å². The molecule has 0 bridgehead atoms. The second-order valence-corrected chi connectivity index (χ2v) is 1.53. The normalized spacial score (nSPS) is 6.43. The molecule has 0 atom stereocenters. The lowest BCUT2D eigenvalue weighted by molar-refractivity contribution is -0.135. The van der Waals surface area contributed by atoms with Gasteiger partial charge in [-0.2, -0.15) is 0 Å². The van der Waals surface area contributed by atoms with E-state index in [1.54, 1.807) is 6.92 Å². The van der Waals surface area contributed by atoms with Crippen molar-refractivity contribution in [3.8, 4) is 0 Å². The van der Waals surface area contributed by atoms with Crippen molar-refractivity contribution in [1.82, 2.24) is 0 Å². The van der Waals surface area contributed by atoms with Crippen LogP contribution in [-0.2, 0) is 14.3 Å². The molecule has 0 aliphatic rings. The van der Waals surface area contributed by atoms with Crippen molar-refractivity contribution in [2.24, 2.45) is 5.73 Å². The molecule has 0 fully saturated rings. The van der Waals surface area contributed by atoms with Crippen molar-refractivity contribution < 1.29 is 19.1 Å². The van der Waals surface area contributed by atoms with E-state index in [2.05, 4.69) is 34.9 Å². The Balaban J connectivity index is -0.000000147. The summed E-state index contributed by atoms with van der Waals surface area (Å²) in [7, 11) is 0. The molecule has 2 N–H and O–H groups in total. The SMILES string of the molecule is C=C.C=COC(C)=O.CCOC(N)=O. The Morgan fingerprint density at radius 2 is 1.86 bits per heavy atom. The van der Waals surface area contributed by atoms with Crippen LogP contribution in [0, 0.1) is 0 Å². The first-order valence-electron chi connectivity index (χ1n) is 3.74. The molecule has 0 saturated carbocycles. The Bertz CT molecular complexity index is 168. The van der Waals surface area contributed by atoms with Gasteiger partial charge in [-0.3, -0.25) is 4.79 Å². The standard InChI is InChI=1S/C4H6O2.C3H7NO2.C2H4/c1-3-6-4(2)5;1-2-6-3(4)5;1-2/h3H,1H2,2H3;2H2,1H3,(H2,4,5);1-2H2. The molecule has 0 aromatic rings. The van der Waals surface area contributed by atoms with Crippen LogP contribution in [0.2, 0.25) is 0 Å². The van der Waals surface area contributed by atoms with E-state index in [1.165, 1.54) is 6.92 Å². The van der Waals surface area contributed by atoms with Crippen LogP contribution in [-0.4, -0.2) is 18.7 Å². The third-order valence-electron chi connectivity index (χ3n) is 0.536. The maximum Gasteiger partial charge on any atom is 0.404 e. The molecule has 1 amide bonds. The Labute approximate surface area is 84.2 Å². The first-order valence-corrected chi connectivity index (χ1v) is 3.74. The number of amides is 1. The van der Waals surface area contributed by atoms with Gasteiger partial charge in [0.1, 0.15) is 0 Å². The molecule has 0 spiro atoms. The number of nitrogens with two attached hydrogens (primary N) is 1. The smallest absolute Gasteiger partial charge is 0.404 e. The number of esters is 1. The van der Waals surface area contributed by atoms with Crippen LogP contribution < -0.4 is 5.73 Å². The first-order chi connectivity index (χ1) is 6.54. The topological polar surface area (TPSA) is 78.6 Å². The number of hydrogen-bond donors (Lipinski definition) is 1. The zero-order valence-electron chi connectivity index (χ0n) is 8.62. The zero-order chi connectivity index (χ0) is 12.0. The molecule has 0 aliphatic carbocycles. The molecule has 0 radical (unpaired) electrons. The number of hydrogen-bond acceptors (Lipinski definition) is 4. The van der Waals surface area contributed by atoms with Crippen molar-refractivity contribution >= 4 is 12.1 Å². The van der Waals surface area contributed by atoms with E-state index in [-0.39, 0.29) is 5.97 Å². The summed E-state index contributed by atoms with van der Waals surface area (Å²) in [6.45, 7) is 12.5. The van der Waals surface area contributed by atoms with Crippen LogP contribution in [0.15, 0.2) is 26.0 Å². The van der Waals surface area contributed by atoms with Crippen LogP contribution in [0.5, 0.6) is 0 Å². The van der Waals surface area contributed by atoms with Gasteiger partial charge in [0.15, 0.2) is 0 Å². The van der Waals surface area contributed by atoms with E-state index in [1.807, 2.05) is 0 Å². The molecule has 14 heavy (non-hydrogen) atoms. The second kappa shape index (κ2) is 17.3. The Morgan fingerprint density at radius 1 is 1.43 bits per heavy atom. The average Bonchev–Trinajstić information content (AvgIpc) is 2.08. The fourth-order valence-corrected chi connectivity index (χ4v) is 0.260. The largest absolute Gasteiger partial charge is 0.450 e. The molecule has 0 aliphatic heterocycles. The maximum atomic E-state index is 9.75. The van der Waals surface area contributed by atoms with Crippen molar-refractivity contribution in [2.45, 2.75) is 13.8 Å². The van der Waals surface area contributed by atoms with Gasteiger partial charge in [-0.25, -0.2) is 4.79 Å². The van der Waals surface area contributed by atoms with Gasteiger partial charge in [-0.1, -0.05) is 6.58 Å². The number of ether oxygens (including phenoxy) is 2. The molecule has 0 aromatic carbocycles. The molecule has 0 aromatic heterocycles. The fraction of sp³-hybridized carbons (Fsp3) is 0.333. The minimum atomic E-state index is -0.711. The van der Waals surface area contributed by atoms with E-state index in [0.717, 1.165) is 6.26 Å². The quantitative estimate of drug-likeness (QED) is 0.420. The van der Waals surface area contributed by atoms with Gasteiger partial charge in [0.2, 0.25) is 0 Å². The molecule has 82 valence electrons. The van der Waals surface area contributed by atoms with Crippen molar-refractivity contribution in [3.63, 3.8) is 0 Å². The lowest BCUT2D eigenvalue weighted by atomic mass is 10.8. The summed E-state index contributed by atoms with van der Waals surface area (Å²) < 4.78 is 8.35. The van der Waals surface area contributed by atoms with E-state index >= 15 is 0 Å². The summed E-state index contributed by atoms with van der Waals surface area (Å²) >= 11 is 0. The van der Waals surface area contributed by atoms with E-state index in [4.69, 9.17) is 0 Å². The highest BCUT2D eigenvalue weighted by atomic mass is 16.5. The lowest BCUT2D eigenvalue weighted by Gasteiger charge is -1.89. The average molecular weight is 203 g/mol. The predicted molar refractivity (Wildman–Crippen MR) is 54.4 cm³/mol. The summed E-state index contributed by atoms with van der Waals surface area (Å²) in [6.07, 6.45) is 0.389. The van der Waals surface area contributed by atoms with E-state index in [9.17, 15) is 9.59 Å². The monoisotopic (exact) mass is 203 g/mol. The molecule has 5 heteroatoms. The van der Waals surface area contributed by atoms with Gasteiger partial charge in [-0.05, 0) is 6.92 Å². The number of carbonyl (C=O) groups is 2. The maximum absolute atomic E-state index is 9.75.